The Balaban J connectivity index is 4.16. The molecule has 1 atom stereocenters. The highest BCUT2D eigenvalue weighted by molar-refractivity contribution is 4.80. The Morgan fingerprint density at radius 1 is 1.36 bits per heavy atom. The number of hydrogen-bond donors (Lipinski definition) is 0. The molecule has 0 aromatic carbocycles. The van der Waals surface area contributed by atoms with Gasteiger partial charge in [-0.3, -0.25) is 4.90 Å². The first-order valence-electron chi connectivity index (χ1n) is 4.49. The third-order valence-corrected chi connectivity index (χ3v) is 2.23. The second-order valence-electron chi connectivity index (χ2n) is 4.12. The van der Waals surface area contributed by atoms with E-state index in [1.165, 1.54) is 6.42 Å². The summed E-state index contributed by atoms with van der Waals surface area (Å²) in [7, 11) is 0. The first-order valence-corrected chi connectivity index (χ1v) is 4.49. The quantitative estimate of drug-likeness (QED) is 0.607. The standard InChI is InChI=1S/C10H22N/c1-7-9(3)11(8-2)10(4,5)6/h9H,2,7-8H2,1,3-6H3. The van der Waals surface area contributed by atoms with Crippen LogP contribution in [0.4, 0.5) is 0 Å². The van der Waals surface area contributed by atoms with Crippen LogP contribution in [0.3, 0.4) is 0 Å². The van der Waals surface area contributed by atoms with Gasteiger partial charge in [0.2, 0.25) is 0 Å². The highest BCUT2D eigenvalue weighted by Crippen LogP contribution is 2.17. The molecule has 0 fully saturated rings. The maximum atomic E-state index is 3.95. The summed E-state index contributed by atoms with van der Waals surface area (Å²) in [4.78, 5) is 2.42. The molecule has 0 bridgehead atoms. The predicted molar refractivity (Wildman–Crippen MR) is 51.6 cm³/mol. The molecule has 0 N–H and O–H groups in total. The summed E-state index contributed by atoms with van der Waals surface area (Å²) in [5.41, 5.74) is 0.261. The van der Waals surface area contributed by atoms with Crippen molar-refractivity contribution in [3.8, 4) is 0 Å². The van der Waals surface area contributed by atoms with Crippen LogP contribution >= 0.6 is 0 Å². The van der Waals surface area contributed by atoms with Crippen LogP contribution in [0.2, 0.25) is 0 Å². The van der Waals surface area contributed by atoms with Crippen molar-refractivity contribution in [2.24, 2.45) is 0 Å². The van der Waals surface area contributed by atoms with Gasteiger partial charge in [0, 0.05) is 11.6 Å². The minimum absolute atomic E-state index is 0.261. The van der Waals surface area contributed by atoms with Crippen molar-refractivity contribution in [2.75, 3.05) is 6.54 Å². The fourth-order valence-corrected chi connectivity index (χ4v) is 1.44. The Bertz CT molecular complexity index is 102. The second-order valence-corrected chi connectivity index (χ2v) is 4.12. The van der Waals surface area contributed by atoms with E-state index in [2.05, 4.69) is 46.4 Å². The van der Waals surface area contributed by atoms with E-state index in [0.717, 1.165) is 6.54 Å². The van der Waals surface area contributed by atoms with Gasteiger partial charge < -0.3 is 0 Å². The van der Waals surface area contributed by atoms with Crippen molar-refractivity contribution < 1.29 is 0 Å². The minimum atomic E-state index is 0.261. The lowest BCUT2D eigenvalue weighted by Crippen LogP contribution is -2.46. The molecular formula is C10H22N. The zero-order valence-corrected chi connectivity index (χ0v) is 8.65. The molecule has 0 aliphatic rings. The van der Waals surface area contributed by atoms with E-state index in [1.807, 2.05) is 0 Å². The lowest BCUT2D eigenvalue weighted by atomic mass is 10.0. The van der Waals surface area contributed by atoms with Crippen LogP contribution in [0.1, 0.15) is 41.0 Å². The van der Waals surface area contributed by atoms with E-state index in [-0.39, 0.29) is 5.54 Å². The average molecular weight is 156 g/mol. The van der Waals surface area contributed by atoms with Gasteiger partial charge >= 0.3 is 0 Å². The van der Waals surface area contributed by atoms with Gasteiger partial charge in [-0.2, -0.15) is 0 Å². The summed E-state index contributed by atoms with van der Waals surface area (Å²) in [6.07, 6.45) is 1.20. The molecule has 0 saturated carbocycles. The predicted octanol–water partition coefficient (Wildman–Crippen LogP) is 2.72. The zero-order valence-electron chi connectivity index (χ0n) is 8.65. The van der Waals surface area contributed by atoms with E-state index in [4.69, 9.17) is 0 Å². The maximum Gasteiger partial charge on any atom is 0.0127 e. The average Bonchev–Trinajstić information content (AvgIpc) is 1.86. The lowest BCUT2D eigenvalue weighted by molar-refractivity contribution is 0.103. The van der Waals surface area contributed by atoms with Gasteiger partial charge in [0.1, 0.15) is 0 Å². The monoisotopic (exact) mass is 156 g/mol. The number of nitrogens with zero attached hydrogens (tertiary/aromatic N) is 1. The highest BCUT2D eigenvalue weighted by atomic mass is 15.2. The molecular weight excluding hydrogens is 134 g/mol. The third-order valence-electron chi connectivity index (χ3n) is 2.23. The molecule has 67 valence electrons. The number of rotatable bonds is 3. The maximum absolute atomic E-state index is 3.95. The zero-order chi connectivity index (χ0) is 9.07. The summed E-state index contributed by atoms with van der Waals surface area (Å²) in [5, 5.41) is 0. The minimum Gasteiger partial charge on any atom is -0.296 e. The summed E-state index contributed by atoms with van der Waals surface area (Å²) in [6, 6.07) is 0.646. The van der Waals surface area contributed by atoms with Gasteiger partial charge in [-0.05, 0) is 47.6 Å². The van der Waals surface area contributed by atoms with E-state index in [9.17, 15) is 0 Å². The van der Waals surface area contributed by atoms with Crippen LogP contribution in [0.5, 0.6) is 0 Å². The van der Waals surface area contributed by atoms with E-state index >= 15 is 0 Å². The Morgan fingerprint density at radius 2 is 1.82 bits per heavy atom. The summed E-state index contributed by atoms with van der Waals surface area (Å²) in [6.45, 7) is 16.1. The molecule has 0 aliphatic heterocycles. The summed E-state index contributed by atoms with van der Waals surface area (Å²) >= 11 is 0. The summed E-state index contributed by atoms with van der Waals surface area (Å²) < 4.78 is 0. The van der Waals surface area contributed by atoms with Gasteiger partial charge in [0.25, 0.3) is 0 Å². The van der Waals surface area contributed by atoms with Gasteiger partial charge in [-0.25, -0.2) is 0 Å². The first-order chi connectivity index (χ1) is 4.93. The molecule has 0 rings (SSSR count). The normalized spacial score (nSPS) is 15.5. The first kappa shape index (κ1) is 11.0. The van der Waals surface area contributed by atoms with E-state index < -0.39 is 0 Å². The fraction of sp³-hybridized carbons (Fsp3) is 0.900. The number of hydrogen-bond acceptors (Lipinski definition) is 1. The summed E-state index contributed by atoms with van der Waals surface area (Å²) in [5.74, 6) is 0. The Labute approximate surface area is 71.8 Å². The van der Waals surface area contributed by atoms with Crippen molar-refractivity contribution in [2.45, 2.75) is 52.6 Å². The molecule has 0 aromatic rings. The van der Waals surface area contributed by atoms with Crippen LogP contribution in [-0.4, -0.2) is 23.0 Å². The van der Waals surface area contributed by atoms with Gasteiger partial charge in [-0.1, -0.05) is 6.92 Å². The van der Waals surface area contributed by atoms with Crippen molar-refractivity contribution in [3.05, 3.63) is 6.92 Å². The topological polar surface area (TPSA) is 3.24 Å². The SMILES string of the molecule is [CH2]CN(C(C)CC)C(C)(C)C. The van der Waals surface area contributed by atoms with Crippen LogP contribution in [0, 0.1) is 6.92 Å². The molecule has 1 radical (unpaired) electrons. The van der Waals surface area contributed by atoms with Crippen molar-refractivity contribution in [3.63, 3.8) is 0 Å². The molecule has 0 saturated heterocycles. The lowest BCUT2D eigenvalue weighted by Gasteiger charge is -2.39. The molecule has 0 aromatic heterocycles. The van der Waals surface area contributed by atoms with Gasteiger partial charge in [0.15, 0.2) is 0 Å². The molecule has 1 heteroatoms. The van der Waals surface area contributed by atoms with Crippen molar-refractivity contribution in [1.82, 2.24) is 4.90 Å². The largest absolute Gasteiger partial charge is 0.296 e. The Kier molecular flexibility index (Phi) is 4.09. The Hall–Kier alpha value is -0.0400. The molecule has 0 amide bonds. The second kappa shape index (κ2) is 4.10. The van der Waals surface area contributed by atoms with Crippen molar-refractivity contribution >= 4 is 0 Å². The third kappa shape index (κ3) is 3.24. The van der Waals surface area contributed by atoms with Crippen LogP contribution in [0.25, 0.3) is 0 Å². The van der Waals surface area contributed by atoms with E-state index in [1.54, 1.807) is 0 Å². The van der Waals surface area contributed by atoms with Crippen LogP contribution in [0.15, 0.2) is 0 Å². The molecule has 1 nitrogen and oxygen atoms in total. The smallest absolute Gasteiger partial charge is 0.0127 e. The van der Waals surface area contributed by atoms with E-state index in [0.29, 0.717) is 6.04 Å². The molecule has 0 heterocycles. The molecule has 0 aliphatic carbocycles. The molecule has 0 spiro atoms. The highest BCUT2D eigenvalue weighted by Gasteiger charge is 2.22. The van der Waals surface area contributed by atoms with Gasteiger partial charge in [0.05, 0.1) is 0 Å². The molecule has 11 heavy (non-hydrogen) atoms. The molecule has 1 unspecified atom stereocenters. The fourth-order valence-electron chi connectivity index (χ4n) is 1.44. The van der Waals surface area contributed by atoms with Crippen molar-refractivity contribution in [1.29, 1.82) is 0 Å². The van der Waals surface area contributed by atoms with Gasteiger partial charge in [-0.15, -0.1) is 0 Å². The Morgan fingerprint density at radius 3 is 1.91 bits per heavy atom. The van der Waals surface area contributed by atoms with Crippen LogP contribution < -0.4 is 0 Å². The van der Waals surface area contributed by atoms with Crippen LogP contribution in [-0.2, 0) is 0 Å².